The quantitative estimate of drug-likeness (QED) is 0.869. The first-order valence-electron chi connectivity index (χ1n) is 5.49. The highest BCUT2D eigenvalue weighted by molar-refractivity contribution is 7.89. The van der Waals surface area contributed by atoms with Crippen molar-refractivity contribution in [1.82, 2.24) is 9.62 Å². The molecule has 1 aromatic carbocycles. The summed E-state index contributed by atoms with van der Waals surface area (Å²) in [4.78, 5) is 10.4. The number of benzene rings is 1. The lowest BCUT2D eigenvalue weighted by atomic mass is 10.3. The van der Waals surface area contributed by atoms with Gasteiger partial charge in [-0.05, 0) is 12.1 Å². The summed E-state index contributed by atoms with van der Waals surface area (Å²) in [5.74, 6) is -3.24. The maximum absolute atomic E-state index is 13.5. The van der Waals surface area contributed by atoms with Gasteiger partial charge in [-0.25, -0.2) is 17.2 Å². The van der Waals surface area contributed by atoms with Gasteiger partial charge in [0.25, 0.3) is 0 Å². The topological polar surface area (TPSA) is 66.5 Å². The minimum Gasteiger partial charge on any atom is -0.358 e. The van der Waals surface area contributed by atoms with Crippen LogP contribution in [0.25, 0.3) is 0 Å². The predicted molar refractivity (Wildman–Crippen MR) is 64.9 cm³/mol. The average Bonchev–Trinajstić information content (AvgIpc) is 2.38. The number of nitrogens with zero attached hydrogens (tertiary/aromatic N) is 1. The van der Waals surface area contributed by atoms with Crippen LogP contribution in [0.5, 0.6) is 0 Å². The van der Waals surface area contributed by atoms with E-state index in [-0.39, 0.29) is 6.54 Å². The van der Waals surface area contributed by atoms with Gasteiger partial charge in [-0.1, -0.05) is 13.0 Å². The van der Waals surface area contributed by atoms with E-state index in [4.69, 9.17) is 0 Å². The summed E-state index contributed by atoms with van der Waals surface area (Å²) in [5.41, 5.74) is 0. The SMILES string of the molecule is CCN(CC(=O)NC)S(=O)(=O)c1cccc(F)c1F. The first kappa shape index (κ1) is 15.5. The number of sulfonamides is 1. The molecule has 0 aliphatic rings. The summed E-state index contributed by atoms with van der Waals surface area (Å²) in [6.07, 6.45) is 0. The van der Waals surface area contributed by atoms with Gasteiger partial charge in [-0.15, -0.1) is 0 Å². The van der Waals surface area contributed by atoms with E-state index in [0.717, 1.165) is 22.5 Å². The maximum atomic E-state index is 13.5. The van der Waals surface area contributed by atoms with E-state index in [1.54, 1.807) is 0 Å². The van der Waals surface area contributed by atoms with Gasteiger partial charge >= 0.3 is 0 Å². The molecule has 8 heteroatoms. The smallest absolute Gasteiger partial charge is 0.246 e. The fourth-order valence-corrected chi connectivity index (χ4v) is 2.91. The minimum atomic E-state index is -4.25. The number of nitrogens with one attached hydrogen (secondary N) is 1. The lowest BCUT2D eigenvalue weighted by molar-refractivity contribution is -0.120. The van der Waals surface area contributed by atoms with Crippen molar-refractivity contribution in [2.75, 3.05) is 20.1 Å². The molecule has 0 atom stereocenters. The van der Waals surface area contributed by atoms with Gasteiger partial charge in [0.05, 0.1) is 6.54 Å². The predicted octanol–water partition coefficient (Wildman–Crippen LogP) is 0.721. The average molecular weight is 292 g/mol. The maximum Gasteiger partial charge on any atom is 0.246 e. The molecule has 0 unspecified atom stereocenters. The van der Waals surface area contributed by atoms with Crippen LogP contribution in [-0.2, 0) is 14.8 Å². The van der Waals surface area contributed by atoms with Gasteiger partial charge < -0.3 is 5.32 Å². The zero-order valence-corrected chi connectivity index (χ0v) is 11.3. The molecule has 1 amide bonds. The molecule has 0 saturated heterocycles. The zero-order chi connectivity index (χ0) is 14.6. The van der Waals surface area contributed by atoms with Crippen LogP contribution in [-0.4, -0.2) is 38.8 Å². The van der Waals surface area contributed by atoms with Gasteiger partial charge in [0.15, 0.2) is 11.6 Å². The standard InChI is InChI=1S/C11H14F2N2O3S/c1-3-15(7-10(16)14-2)19(17,18)9-6-4-5-8(12)11(9)13/h4-6H,3,7H2,1-2H3,(H,14,16). The van der Waals surface area contributed by atoms with Crippen LogP contribution in [0.15, 0.2) is 23.1 Å². The van der Waals surface area contributed by atoms with Crippen LogP contribution in [0.4, 0.5) is 8.78 Å². The number of carbonyl (C=O) groups excluding carboxylic acids is 1. The Kier molecular flexibility index (Phi) is 4.96. The zero-order valence-electron chi connectivity index (χ0n) is 10.5. The second-order valence-electron chi connectivity index (χ2n) is 3.66. The van der Waals surface area contributed by atoms with Gasteiger partial charge in [-0.2, -0.15) is 4.31 Å². The molecule has 0 radical (unpaired) electrons. The molecule has 1 rings (SSSR count). The largest absolute Gasteiger partial charge is 0.358 e. The van der Waals surface area contributed by atoms with E-state index < -0.39 is 39.0 Å². The van der Waals surface area contributed by atoms with Crippen molar-refractivity contribution in [3.8, 4) is 0 Å². The van der Waals surface area contributed by atoms with Crippen LogP contribution in [0.2, 0.25) is 0 Å². The number of hydrogen-bond acceptors (Lipinski definition) is 3. The molecule has 106 valence electrons. The van der Waals surface area contributed by atoms with E-state index in [1.165, 1.54) is 14.0 Å². The van der Waals surface area contributed by atoms with E-state index in [1.807, 2.05) is 0 Å². The molecule has 5 nitrogen and oxygen atoms in total. The highest BCUT2D eigenvalue weighted by atomic mass is 32.2. The van der Waals surface area contributed by atoms with E-state index in [2.05, 4.69) is 5.32 Å². The van der Waals surface area contributed by atoms with Crippen molar-refractivity contribution in [3.05, 3.63) is 29.8 Å². The van der Waals surface area contributed by atoms with Crippen LogP contribution >= 0.6 is 0 Å². The summed E-state index contributed by atoms with van der Waals surface area (Å²) >= 11 is 0. The third kappa shape index (κ3) is 3.27. The molecule has 1 N–H and O–H groups in total. The lowest BCUT2D eigenvalue weighted by Crippen LogP contribution is -2.39. The monoisotopic (exact) mass is 292 g/mol. The highest BCUT2D eigenvalue weighted by Crippen LogP contribution is 2.20. The van der Waals surface area contributed by atoms with Crippen molar-refractivity contribution in [2.45, 2.75) is 11.8 Å². The van der Waals surface area contributed by atoms with Crippen molar-refractivity contribution >= 4 is 15.9 Å². The number of halogens is 2. The van der Waals surface area contributed by atoms with E-state index >= 15 is 0 Å². The fourth-order valence-electron chi connectivity index (χ4n) is 1.43. The Balaban J connectivity index is 3.21. The molecule has 1 aromatic rings. The number of hydrogen-bond donors (Lipinski definition) is 1. The van der Waals surface area contributed by atoms with Crippen LogP contribution < -0.4 is 5.32 Å². The molecular weight excluding hydrogens is 278 g/mol. The molecule has 0 fully saturated rings. The second-order valence-corrected chi connectivity index (χ2v) is 5.56. The number of amides is 1. The Morgan fingerprint density at radius 3 is 2.53 bits per heavy atom. The van der Waals surface area contributed by atoms with Gasteiger partial charge in [-0.3, -0.25) is 4.79 Å². The van der Waals surface area contributed by atoms with Crippen LogP contribution in [0.1, 0.15) is 6.92 Å². The van der Waals surface area contributed by atoms with Gasteiger partial charge in [0.1, 0.15) is 4.90 Å². The Morgan fingerprint density at radius 2 is 2.00 bits per heavy atom. The Labute approximate surface area is 110 Å². The number of carbonyl (C=O) groups is 1. The Hall–Kier alpha value is -1.54. The number of likely N-dealkylation sites (N-methyl/N-ethyl adjacent to an activating group) is 2. The second kappa shape index (κ2) is 6.07. The molecule has 0 spiro atoms. The van der Waals surface area contributed by atoms with E-state index in [9.17, 15) is 22.0 Å². The van der Waals surface area contributed by atoms with Gasteiger partial charge in [0.2, 0.25) is 15.9 Å². The molecule has 19 heavy (non-hydrogen) atoms. The first-order valence-corrected chi connectivity index (χ1v) is 6.93. The molecule has 0 aliphatic carbocycles. The molecule has 0 aliphatic heterocycles. The molecule has 0 heterocycles. The first-order chi connectivity index (χ1) is 8.84. The summed E-state index contributed by atoms with van der Waals surface area (Å²) < 4.78 is 51.6. The molecular formula is C11H14F2N2O3S. The molecule has 0 saturated carbocycles. The minimum absolute atomic E-state index is 0.0360. The van der Waals surface area contributed by atoms with Crippen LogP contribution in [0, 0.1) is 11.6 Å². The normalized spacial score (nSPS) is 11.6. The third-order valence-corrected chi connectivity index (χ3v) is 4.42. The summed E-state index contributed by atoms with van der Waals surface area (Å²) in [7, 11) is -2.90. The van der Waals surface area contributed by atoms with Crippen LogP contribution in [0.3, 0.4) is 0 Å². The fraction of sp³-hybridized carbons (Fsp3) is 0.364. The Bertz CT molecular complexity index is 575. The van der Waals surface area contributed by atoms with Gasteiger partial charge in [0, 0.05) is 13.6 Å². The van der Waals surface area contributed by atoms with Crippen molar-refractivity contribution in [1.29, 1.82) is 0 Å². The summed E-state index contributed by atoms with van der Waals surface area (Å²) in [6, 6.07) is 2.88. The van der Waals surface area contributed by atoms with Crippen molar-refractivity contribution < 1.29 is 22.0 Å². The van der Waals surface area contributed by atoms with Crippen molar-refractivity contribution in [2.24, 2.45) is 0 Å². The summed E-state index contributed by atoms with van der Waals surface area (Å²) in [6.45, 7) is 1.01. The van der Waals surface area contributed by atoms with E-state index in [0.29, 0.717) is 0 Å². The van der Waals surface area contributed by atoms with Crippen molar-refractivity contribution in [3.63, 3.8) is 0 Å². The lowest BCUT2D eigenvalue weighted by Gasteiger charge is -2.19. The molecule has 0 bridgehead atoms. The molecule has 0 aromatic heterocycles. The highest BCUT2D eigenvalue weighted by Gasteiger charge is 2.28. The third-order valence-electron chi connectivity index (χ3n) is 2.49. The Morgan fingerprint density at radius 1 is 1.37 bits per heavy atom. The number of rotatable bonds is 5. The summed E-state index contributed by atoms with van der Waals surface area (Å²) in [5, 5.41) is 2.27.